The number of cyclic esters (lactones) is 1. The molecule has 12 atom stereocenters. The van der Waals surface area contributed by atoms with E-state index in [1.54, 1.807) is 0 Å². The molecule has 1 saturated heterocycles. The lowest BCUT2D eigenvalue weighted by Crippen LogP contribution is -2.89. The number of furan rings is 1. The third-order valence-corrected chi connectivity index (χ3v) is 12.2. The first-order valence-corrected chi connectivity index (χ1v) is 20.4. The molecule has 2 aromatic heterocycles. The number of pyridine rings is 1. The van der Waals surface area contributed by atoms with Crippen LogP contribution >= 0.6 is 0 Å². The molecule has 0 radical (unpaired) electrons. The highest BCUT2D eigenvalue weighted by Gasteiger charge is 2.92. The highest BCUT2D eigenvalue weighted by Crippen LogP contribution is 2.70. The van der Waals surface area contributed by atoms with Gasteiger partial charge in [0.25, 0.3) is 0 Å². The molecule has 1 spiro atoms. The van der Waals surface area contributed by atoms with Gasteiger partial charge in [-0.15, -0.1) is 0 Å². The van der Waals surface area contributed by atoms with E-state index in [-0.39, 0.29) is 23.4 Å². The van der Waals surface area contributed by atoms with Gasteiger partial charge in [-0.2, -0.15) is 0 Å². The van der Waals surface area contributed by atoms with Crippen molar-refractivity contribution >= 4 is 53.7 Å². The summed E-state index contributed by atoms with van der Waals surface area (Å²) in [5.41, 5.74) is -13.3. The number of rotatable bonds is 9. The Balaban J connectivity index is 1.77. The Morgan fingerprint density at radius 1 is 0.769 bits per heavy atom. The lowest BCUT2D eigenvalue weighted by molar-refractivity contribution is -0.387. The summed E-state index contributed by atoms with van der Waals surface area (Å²) >= 11 is 0. The molecule has 1 N–H and O–H groups in total. The first-order chi connectivity index (χ1) is 30.3. The van der Waals surface area contributed by atoms with E-state index in [1.165, 1.54) is 43.6 Å². The van der Waals surface area contributed by atoms with E-state index in [0.717, 1.165) is 55.4 Å². The molecule has 3 fully saturated rings. The van der Waals surface area contributed by atoms with E-state index in [9.17, 15) is 43.5 Å². The Morgan fingerprint density at radius 3 is 1.92 bits per heavy atom. The van der Waals surface area contributed by atoms with Gasteiger partial charge in [0.2, 0.25) is 11.4 Å². The van der Waals surface area contributed by atoms with Gasteiger partial charge < -0.3 is 56.9 Å². The number of aliphatic hydroxyl groups is 1. The van der Waals surface area contributed by atoms with Crippen molar-refractivity contribution in [3.8, 4) is 0 Å². The number of aromatic nitrogens is 1. The molecular weight excluding hydrogens is 866 g/mol. The second-order valence-corrected chi connectivity index (χ2v) is 16.9. The van der Waals surface area contributed by atoms with Gasteiger partial charge >= 0.3 is 53.7 Å². The summed E-state index contributed by atoms with van der Waals surface area (Å²) < 4.78 is 65.6. The van der Waals surface area contributed by atoms with Crippen LogP contribution in [0.4, 0.5) is 0 Å². The maximum absolute atomic E-state index is 15.0. The van der Waals surface area contributed by atoms with Crippen molar-refractivity contribution in [3.63, 3.8) is 0 Å². The number of hydrogen-bond acceptors (Lipinski definition) is 22. The number of esters is 9. The van der Waals surface area contributed by atoms with E-state index in [0.29, 0.717) is 0 Å². The van der Waals surface area contributed by atoms with Crippen molar-refractivity contribution in [2.45, 2.75) is 134 Å². The quantitative estimate of drug-likeness (QED) is 0.275. The molecule has 352 valence electrons. The highest BCUT2D eigenvalue weighted by atomic mass is 16.7. The molecule has 2 aliphatic heterocycles. The molecule has 4 heterocycles. The second kappa shape index (κ2) is 17.5. The van der Waals surface area contributed by atoms with Crippen molar-refractivity contribution < 1.29 is 100 Å². The maximum Gasteiger partial charge on any atom is 0.375 e. The number of aryl methyl sites for hydroxylation is 1. The van der Waals surface area contributed by atoms with Crippen LogP contribution in [0.25, 0.3) is 0 Å². The molecule has 22 heteroatoms. The molecule has 2 aromatic rings. The summed E-state index contributed by atoms with van der Waals surface area (Å²) in [5, 5.41) is 13.7. The van der Waals surface area contributed by atoms with Gasteiger partial charge in [-0.25, -0.2) is 14.4 Å². The number of nitrogens with zero attached hydrogens (tertiary/aromatic N) is 1. The van der Waals surface area contributed by atoms with Gasteiger partial charge in [-0.1, -0.05) is 0 Å². The third kappa shape index (κ3) is 8.28. The molecule has 0 amide bonds. The highest BCUT2D eigenvalue weighted by molar-refractivity contribution is 5.91. The monoisotopic (exact) mass is 915 g/mol. The number of hydrogen-bond donors (Lipinski definition) is 1. The number of fused-ring (bicyclic) bond motifs is 5. The first-order valence-electron chi connectivity index (χ1n) is 20.4. The van der Waals surface area contributed by atoms with Crippen molar-refractivity contribution in [1.82, 2.24) is 4.98 Å². The Bertz CT molecular complexity index is 2270. The summed E-state index contributed by atoms with van der Waals surface area (Å²) in [6.45, 7) is 7.19. The van der Waals surface area contributed by atoms with Crippen LogP contribution in [0, 0.1) is 11.3 Å². The molecule has 2 saturated carbocycles. The average molecular weight is 916 g/mol. The molecule has 2 aliphatic carbocycles. The molecule has 6 rings (SSSR count). The van der Waals surface area contributed by atoms with Gasteiger partial charge in [-0.3, -0.25) is 33.8 Å². The second-order valence-electron chi connectivity index (χ2n) is 16.9. The van der Waals surface area contributed by atoms with Gasteiger partial charge in [0.15, 0.2) is 30.0 Å². The van der Waals surface area contributed by atoms with Crippen molar-refractivity contribution in [2.75, 3.05) is 13.2 Å². The van der Waals surface area contributed by atoms with Crippen LogP contribution < -0.4 is 0 Å². The molecular formula is C43H49NO21. The predicted octanol–water partition coefficient (Wildman–Crippen LogP) is 1.44. The molecule has 0 aromatic carbocycles. The standard InChI is InChI=1S/C43H49NO21/c1-20(45)56-19-42-34(61-24(5)49)30(58-21(2)46)29-32(60-23(4)48)43(42)41(9,54)33(31(59-22(3)47)35(42)62-25(6)50)63-38(53)39(7,64-37(52)28-13-11-17-55-28)15-14-27-26(12-10-16-44-27)36(51)57-18-40(29,8)65-43/h10-13,16-17,29-35,54H,14-15,18-19H2,1-9H3/t29-,30?,31+,32-,33-,34-,35+,39?,40+,41+,42+,43+/m1/s1. The minimum atomic E-state index is -3.02. The molecule has 2 unspecified atom stereocenters. The molecule has 22 nitrogen and oxygen atoms in total. The summed E-state index contributed by atoms with van der Waals surface area (Å²) in [5.74, 6) is -12.2. The molecule has 4 bridgehead atoms. The van der Waals surface area contributed by atoms with E-state index >= 15 is 4.79 Å². The van der Waals surface area contributed by atoms with Gasteiger partial charge in [0.05, 0.1) is 23.4 Å². The van der Waals surface area contributed by atoms with Gasteiger partial charge in [-0.05, 0) is 51.5 Å². The van der Waals surface area contributed by atoms with E-state index in [2.05, 4.69) is 4.98 Å². The Hall–Kier alpha value is -6.42. The van der Waals surface area contributed by atoms with Crippen LogP contribution in [-0.2, 0) is 87.4 Å². The summed E-state index contributed by atoms with van der Waals surface area (Å²) in [6.07, 6.45) is -11.1. The summed E-state index contributed by atoms with van der Waals surface area (Å²) in [6, 6.07) is 5.40. The van der Waals surface area contributed by atoms with Crippen molar-refractivity contribution in [1.29, 1.82) is 0 Å². The number of ether oxygens (including phenoxy) is 10. The van der Waals surface area contributed by atoms with Crippen LogP contribution in [0.3, 0.4) is 0 Å². The zero-order valence-corrected chi connectivity index (χ0v) is 36.9. The fraction of sp³-hybridized carbons (Fsp3) is 0.581. The Morgan fingerprint density at radius 2 is 1.35 bits per heavy atom. The fourth-order valence-corrected chi connectivity index (χ4v) is 9.89. The zero-order chi connectivity index (χ0) is 48.0. The predicted molar refractivity (Wildman–Crippen MR) is 208 cm³/mol. The number of carbonyl (C=O) groups is 9. The van der Waals surface area contributed by atoms with Gasteiger partial charge in [0.1, 0.15) is 42.0 Å². The van der Waals surface area contributed by atoms with E-state index < -0.39 is 144 Å². The topological polar surface area (TPSA) is 292 Å². The molecule has 4 aliphatic rings. The Labute approximate surface area is 370 Å². The average Bonchev–Trinajstić information content (AvgIpc) is 3.82. The number of carbonyl (C=O) groups excluding carboxylic acids is 9. The zero-order valence-electron chi connectivity index (χ0n) is 36.9. The lowest BCUT2D eigenvalue weighted by Gasteiger charge is -2.67. The summed E-state index contributed by atoms with van der Waals surface area (Å²) in [4.78, 5) is 127. The SMILES string of the molecule is CC(=O)OC[C@@]12[C@H](OC(C)=O)C(OC(C)=O)[C@@H]3[C@@H](OC(C)=O)[C@@]14O[C@@]3(C)COC(=O)c1cccnc1CCC(C)(OC(=O)c1ccco1)C(=O)O[C@H]([C@H](OC(C)=O)[C@@H]2OC(C)=O)[C@]4(C)O. The molecule has 65 heavy (non-hydrogen) atoms. The summed E-state index contributed by atoms with van der Waals surface area (Å²) in [7, 11) is 0. The smallest absolute Gasteiger partial charge is 0.375 e. The first kappa shape index (κ1) is 48.0. The van der Waals surface area contributed by atoms with Crippen LogP contribution in [-0.4, -0.2) is 136 Å². The normalized spacial score (nSPS) is 35.0. The van der Waals surface area contributed by atoms with Crippen LogP contribution in [0.2, 0.25) is 0 Å². The Kier molecular flexibility index (Phi) is 12.9. The third-order valence-electron chi connectivity index (χ3n) is 12.2. The largest absolute Gasteiger partial charge is 0.465 e. The van der Waals surface area contributed by atoms with Crippen molar-refractivity contribution in [3.05, 3.63) is 53.7 Å². The van der Waals surface area contributed by atoms with E-state index in [1.807, 2.05) is 0 Å². The van der Waals surface area contributed by atoms with Crippen LogP contribution in [0.1, 0.15) is 95.3 Å². The minimum Gasteiger partial charge on any atom is -0.465 e. The maximum atomic E-state index is 15.0. The van der Waals surface area contributed by atoms with Gasteiger partial charge in [0, 0.05) is 54.2 Å². The van der Waals surface area contributed by atoms with E-state index in [4.69, 9.17) is 51.8 Å². The van der Waals surface area contributed by atoms with Crippen LogP contribution in [0.5, 0.6) is 0 Å². The minimum absolute atomic E-state index is 0.0413. The van der Waals surface area contributed by atoms with Crippen LogP contribution in [0.15, 0.2) is 41.1 Å². The van der Waals surface area contributed by atoms with Crippen molar-refractivity contribution in [2.24, 2.45) is 11.3 Å². The fourth-order valence-electron chi connectivity index (χ4n) is 9.89. The lowest BCUT2D eigenvalue weighted by atomic mass is 9.45.